The van der Waals surface area contributed by atoms with Gasteiger partial charge >= 0.3 is 0 Å². The highest BCUT2D eigenvalue weighted by molar-refractivity contribution is 7.94. The quantitative estimate of drug-likeness (QED) is 0.524. The Labute approximate surface area is 63.9 Å². The van der Waals surface area contributed by atoms with Gasteiger partial charge in [-0.3, -0.25) is 0 Å². The molecule has 0 unspecified atom stereocenters. The predicted molar refractivity (Wildman–Crippen MR) is 41.1 cm³/mol. The number of hydrogen-bond donors (Lipinski definition) is 0. The molecule has 2 rings (SSSR count). The van der Waals surface area contributed by atoms with Crippen molar-refractivity contribution < 1.29 is 4.18 Å². The SMILES string of the molecule is [C]1=Cc2ccccc2SO1. The van der Waals surface area contributed by atoms with Crippen molar-refractivity contribution in [2.75, 3.05) is 0 Å². The first kappa shape index (κ1) is 5.86. The van der Waals surface area contributed by atoms with Gasteiger partial charge in [-0.2, -0.15) is 0 Å². The Morgan fingerprint density at radius 3 is 3.10 bits per heavy atom. The molecule has 1 aromatic rings. The number of benzene rings is 1. The summed E-state index contributed by atoms with van der Waals surface area (Å²) in [6.07, 6.45) is 4.52. The van der Waals surface area contributed by atoms with Crippen LogP contribution in [0.1, 0.15) is 5.56 Å². The summed E-state index contributed by atoms with van der Waals surface area (Å²) in [6.45, 7) is 0. The summed E-state index contributed by atoms with van der Waals surface area (Å²) in [5.74, 6) is 0. The molecule has 0 aliphatic carbocycles. The van der Waals surface area contributed by atoms with Crippen molar-refractivity contribution >= 4 is 18.1 Å². The molecule has 2 heteroatoms. The third kappa shape index (κ3) is 0.907. The van der Waals surface area contributed by atoms with E-state index >= 15 is 0 Å². The lowest BCUT2D eigenvalue weighted by Crippen LogP contribution is -1.83. The zero-order valence-corrected chi connectivity index (χ0v) is 6.02. The highest BCUT2D eigenvalue weighted by Crippen LogP contribution is 2.28. The molecule has 0 spiro atoms. The van der Waals surface area contributed by atoms with E-state index in [0.717, 1.165) is 4.90 Å². The Bertz CT molecular complexity index is 268. The fraction of sp³-hybridized carbons (Fsp3) is 0. The number of rotatable bonds is 0. The van der Waals surface area contributed by atoms with E-state index in [9.17, 15) is 0 Å². The Morgan fingerprint density at radius 1 is 1.30 bits per heavy atom. The summed E-state index contributed by atoms with van der Waals surface area (Å²) in [6, 6.07) is 8.06. The second kappa shape index (κ2) is 2.39. The molecule has 1 aliphatic heterocycles. The molecule has 1 nitrogen and oxygen atoms in total. The van der Waals surface area contributed by atoms with Gasteiger partial charge in [-0.1, -0.05) is 18.2 Å². The maximum atomic E-state index is 4.91. The Morgan fingerprint density at radius 2 is 2.20 bits per heavy atom. The first-order valence-electron chi connectivity index (χ1n) is 2.98. The Kier molecular flexibility index (Phi) is 1.40. The van der Waals surface area contributed by atoms with Crippen molar-refractivity contribution in [2.45, 2.75) is 4.90 Å². The minimum atomic E-state index is 1.15. The number of fused-ring (bicyclic) bond motifs is 1. The van der Waals surface area contributed by atoms with E-state index in [4.69, 9.17) is 4.18 Å². The second-order valence-electron chi connectivity index (χ2n) is 1.97. The van der Waals surface area contributed by atoms with Crippen LogP contribution in [0.25, 0.3) is 6.08 Å². The largest absolute Gasteiger partial charge is 0.417 e. The van der Waals surface area contributed by atoms with Crippen LogP contribution < -0.4 is 0 Å². The molecular weight excluding hydrogens is 144 g/mol. The second-order valence-corrected chi connectivity index (χ2v) is 2.74. The van der Waals surface area contributed by atoms with Gasteiger partial charge in [-0.05, 0) is 17.7 Å². The molecule has 1 radical (unpaired) electrons. The van der Waals surface area contributed by atoms with Gasteiger partial charge in [0.1, 0.15) is 0 Å². The highest BCUT2D eigenvalue weighted by Gasteiger charge is 2.03. The standard InChI is InChI=1S/C8H5OS/c1-2-4-8-7(3-1)5-6-9-10-8/h1-5H. The summed E-state index contributed by atoms with van der Waals surface area (Å²) >= 11 is 1.35. The van der Waals surface area contributed by atoms with Crippen LogP contribution in [0.4, 0.5) is 0 Å². The molecule has 0 aromatic heterocycles. The fourth-order valence-electron chi connectivity index (χ4n) is 0.832. The van der Waals surface area contributed by atoms with Gasteiger partial charge in [0.05, 0.1) is 16.9 Å². The normalized spacial score (nSPS) is 14.0. The van der Waals surface area contributed by atoms with E-state index in [1.165, 1.54) is 17.6 Å². The lowest BCUT2D eigenvalue weighted by atomic mass is 10.2. The first-order valence-corrected chi connectivity index (χ1v) is 3.72. The van der Waals surface area contributed by atoms with Crippen LogP contribution >= 0.6 is 12.0 Å². The fourth-order valence-corrected chi connectivity index (χ4v) is 1.38. The van der Waals surface area contributed by atoms with Crippen LogP contribution in [-0.2, 0) is 4.18 Å². The predicted octanol–water partition coefficient (Wildman–Crippen LogP) is 2.50. The maximum Gasteiger partial charge on any atom is 0.181 e. The van der Waals surface area contributed by atoms with Gasteiger partial charge < -0.3 is 4.18 Å². The minimum absolute atomic E-state index is 1.15. The molecule has 49 valence electrons. The Balaban J connectivity index is 2.54. The van der Waals surface area contributed by atoms with Crippen LogP contribution in [0.3, 0.4) is 0 Å². The van der Waals surface area contributed by atoms with Gasteiger partial charge in [0, 0.05) is 0 Å². The van der Waals surface area contributed by atoms with E-state index < -0.39 is 0 Å². The molecule has 0 saturated carbocycles. The smallest absolute Gasteiger partial charge is 0.181 e. The van der Waals surface area contributed by atoms with E-state index in [1.54, 1.807) is 0 Å². The maximum absolute atomic E-state index is 4.91. The van der Waals surface area contributed by atoms with E-state index in [2.05, 4.69) is 6.26 Å². The van der Waals surface area contributed by atoms with Crippen LogP contribution in [0.15, 0.2) is 29.2 Å². The molecule has 1 heterocycles. The molecule has 1 aromatic carbocycles. The first-order chi connectivity index (χ1) is 4.97. The summed E-state index contributed by atoms with van der Waals surface area (Å²) in [5, 5.41) is 0. The van der Waals surface area contributed by atoms with Crippen LogP contribution in [0, 0.1) is 6.26 Å². The van der Waals surface area contributed by atoms with E-state index in [0.29, 0.717) is 0 Å². The number of hydrogen-bond acceptors (Lipinski definition) is 2. The van der Waals surface area contributed by atoms with Crippen molar-refractivity contribution in [1.29, 1.82) is 0 Å². The average molecular weight is 149 g/mol. The van der Waals surface area contributed by atoms with Gasteiger partial charge in [-0.25, -0.2) is 0 Å². The van der Waals surface area contributed by atoms with Crippen LogP contribution in [0.2, 0.25) is 0 Å². The zero-order chi connectivity index (χ0) is 6.81. The lowest BCUT2D eigenvalue weighted by Gasteiger charge is -2.06. The Hall–Kier alpha value is -0.890. The van der Waals surface area contributed by atoms with Crippen molar-refractivity contribution in [1.82, 2.24) is 0 Å². The molecule has 0 fully saturated rings. The van der Waals surface area contributed by atoms with E-state index in [1.807, 2.05) is 30.3 Å². The van der Waals surface area contributed by atoms with Gasteiger partial charge in [-0.15, -0.1) is 0 Å². The molecule has 0 N–H and O–H groups in total. The molecular formula is C8H5OS. The van der Waals surface area contributed by atoms with Crippen LogP contribution in [0.5, 0.6) is 0 Å². The summed E-state index contributed by atoms with van der Waals surface area (Å²) in [5.41, 5.74) is 1.18. The van der Waals surface area contributed by atoms with Crippen LogP contribution in [-0.4, -0.2) is 0 Å². The van der Waals surface area contributed by atoms with Gasteiger partial charge in [0.15, 0.2) is 6.26 Å². The highest BCUT2D eigenvalue weighted by atomic mass is 32.2. The average Bonchev–Trinajstić information content (AvgIpc) is 2.05. The monoisotopic (exact) mass is 149 g/mol. The van der Waals surface area contributed by atoms with Gasteiger partial charge in [0.25, 0.3) is 0 Å². The van der Waals surface area contributed by atoms with Crippen molar-refractivity contribution in [3.8, 4) is 0 Å². The van der Waals surface area contributed by atoms with Crippen molar-refractivity contribution in [3.63, 3.8) is 0 Å². The topological polar surface area (TPSA) is 9.23 Å². The lowest BCUT2D eigenvalue weighted by molar-refractivity contribution is 0.534. The summed E-state index contributed by atoms with van der Waals surface area (Å²) in [4.78, 5) is 1.15. The van der Waals surface area contributed by atoms with E-state index in [-0.39, 0.29) is 0 Å². The van der Waals surface area contributed by atoms with Crippen molar-refractivity contribution in [2.24, 2.45) is 0 Å². The summed E-state index contributed by atoms with van der Waals surface area (Å²) in [7, 11) is 0. The molecule has 0 atom stereocenters. The third-order valence-electron chi connectivity index (χ3n) is 1.31. The molecule has 0 amide bonds. The van der Waals surface area contributed by atoms with Gasteiger partial charge in [0.2, 0.25) is 0 Å². The molecule has 0 bridgehead atoms. The third-order valence-corrected chi connectivity index (χ3v) is 2.04. The molecule has 10 heavy (non-hydrogen) atoms. The van der Waals surface area contributed by atoms with Crippen molar-refractivity contribution in [3.05, 3.63) is 36.1 Å². The molecule has 1 aliphatic rings. The zero-order valence-electron chi connectivity index (χ0n) is 5.20. The minimum Gasteiger partial charge on any atom is -0.417 e. The summed E-state index contributed by atoms with van der Waals surface area (Å²) < 4.78 is 4.91. The molecule has 0 saturated heterocycles.